The first-order valence-electron chi connectivity index (χ1n) is 7.46. The van der Waals surface area contributed by atoms with Crippen LogP contribution in [-0.4, -0.2) is 48.3 Å². The third-order valence-corrected chi connectivity index (χ3v) is 3.93. The minimum absolute atomic E-state index is 0.00997. The second kappa shape index (κ2) is 6.78. The van der Waals surface area contributed by atoms with Crippen LogP contribution in [0.5, 0.6) is 5.75 Å². The van der Waals surface area contributed by atoms with Crippen molar-refractivity contribution in [1.82, 2.24) is 15.0 Å². The van der Waals surface area contributed by atoms with E-state index in [1.807, 2.05) is 4.90 Å². The minimum Gasteiger partial charge on any atom is -0.497 e. The van der Waals surface area contributed by atoms with E-state index in [-0.39, 0.29) is 11.8 Å². The lowest BCUT2D eigenvalue weighted by Crippen LogP contribution is -2.28. The molecule has 1 saturated heterocycles. The van der Waals surface area contributed by atoms with Crippen molar-refractivity contribution in [1.29, 1.82) is 0 Å². The van der Waals surface area contributed by atoms with E-state index in [1.165, 1.54) is 0 Å². The van der Waals surface area contributed by atoms with Crippen molar-refractivity contribution in [3.05, 3.63) is 41.5 Å². The summed E-state index contributed by atoms with van der Waals surface area (Å²) in [7, 11) is 3.18. The number of ether oxygens (including phenoxy) is 2. The van der Waals surface area contributed by atoms with Crippen LogP contribution in [0.1, 0.15) is 34.4 Å². The number of rotatable bonds is 5. The Kier molecular flexibility index (Phi) is 4.57. The SMILES string of the molecule is COCc1nc(C2CCN(C(=O)c3ccc(OC)cc3)C2)no1. The molecule has 1 aliphatic heterocycles. The number of likely N-dealkylation sites (tertiary alicyclic amines) is 1. The van der Waals surface area contributed by atoms with Crippen LogP contribution in [0.3, 0.4) is 0 Å². The molecule has 0 radical (unpaired) electrons. The van der Waals surface area contributed by atoms with E-state index in [2.05, 4.69) is 10.1 Å². The number of carbonyl (C=O) groups excluding carboxylic acids is 1. The summed E-state index contributed by atoms with van der Waals surface area (Å²) in [6.07, 6.45) is 0.827. The van der Waals surface area contributed by atoms with Crippen LogP contribution in [-0.2, 0) is 11.3 Å². The summed E-state index contributed by atoms with van der Waals surface area (Å²) in [5, 5.41) is 3.99. The maximum absolute atomic E-state index is 12.5. The average molecular weight is 317 g/mol. The average Bonchev–Trinajstić information content (AvgIpc) is 3.24. The second-order valence-electron chi connectivity index (χ2n) is 5.44. The van der Waals surface area contributed by atoms with Gasteiger partial charge in [-0.2, -0.15) is 4.98 Å². The number of amides is 1. The minimum atomic E-state index is 0.00997. The smallest absolute Gasteiger partial charge is 0.253 e. The molecular weight excluding hydrogens is 298 g/mol. The van der Waals surface area contributed by atoms with Gasteiger partial charge in [0.25, 0.3) is 11.8 Å². The summed E-state index contributed by atoms with van der Waals surface area (Å²) >= 11 is 0. The van der Waals surface area contributed by atoms with Gasteiger partial charge in [-0.15, -0.1) is 0 Å². The molecule has 0 aliphatic carbocycles. The molecule has 1 atom stereocenters. The molecule has 23 heavy (non-hydrogen) atoms. The van der Waals surface area contributed by atoms with Crippen molar-refractivity contribution in [2.24, 2.45) is 0 Å². The predicted octanol–water partition coefficient (Wildman–Crippen LogP) is 1.85. The molecule has 1 fully saturated rings. The number of hydrogen-bond acceptors (Lipinski definition) is 6. The van der Waals surface area contributed by atoms with E-state index in [0.29, 0.717) is 37.0 Å². The zero-order chi connectivity index (χ0) is 16.2. The molecule has 1 amide bonds. The summed E-state index contributed by atoms with van der Waals surface area (Å²) in [6, 6.07) is 7.13. The normalized spacial score (nSPS) is 17.5. The van der Waals surface area contributed by atoms with E-state index in [0.717, 1.165) is 12.2 Å². The highest BCUT2D eigenvalue weighted by Crippen LogP contribution is 2.26. The number of benzene rings is 1. The van der Waals surface area contributed by atoms with E-state index in [1.54, 1.807) is 38.5 Å². The number of nitrogens with zero attached hydrogens (tertiary/aromatic N) is 3. The Morgan fingerprint density at radius 1 is 1.35 bits per heavy atom. The van der Waals surface area contributed by atoms with Crippen molar-refractivity contribution in [3.63, 3.8) is 0 Å². The molecule has 1 aromatic heterocycles. The van der Waals surface area contributed by atoms with Crippen LogP contribution in [0, 0.1) is 0 Å². The van der Waals surface area contributed by atoms with Gasteiger partial charge in [0.1, 0.15) is 12.4 Å². The standard InChI is InChI=1S/C16H19N3O4/c1-21-10-14-17-15(18-23-14)12-7-8-19(9-12)16(20)11-3-5-13(22-2)6-4-11/h3-6,12H,7-10H2,1-2H3. The van der Waals surface area contributed by atoms with Gasteiger partial charge >= 0.3 is 0 Å². The quantitative estimate of drug-likeness (QED) is 0.837. The molecule has 0 spiro atoms. The van der Waals surface area contributed by atoms with E-state index < -0.39 is 0 Å². The van der Waals surface area contributed by atoms with Gasteiger partial charge in [-0.25, -0.2) is 0 Å². The van der Waals surface area contributed by atoms with Crippen LogP contribution in [0.25, 0.3) is 0 Å². The Labute approximate surface area is 134 Å². The van der Waals surface area contributed by atoms with Gasteiger partial charge < -0.3 is 18.9 Å². The van der Waals surface area contributed by atoms with Crippen LogP contribution >= 0.6 is 0 Å². The topological polar surface area (TPSA) is 77.7 Å². The van der Waals surface area contributed by atoms with Crippen molar-refractivity contribution < 1.29 is 18.8 Å². The van der Waals surface area contributed by atoms with Gasteiger partial charge in [0, 0.05) is 31.7 Å². The molecule has 0 bridgehead atoms. The monoisotopic (exact) mass is 317 g/mol. The first-order valence-corrected chi connectivity index (χ1v) is 7.46. The molecule has 1 unspecified atom stereocenters. The number of hydrogen-bond donors (Lipinski definition) is 0. The van der Waals surface area contributed by atoms with Crippen LogP contribution in [0.15, 0.2) is 28.8 Å². The highest BCUT2D eigenvalue weighted by molar-refractivity contribution is 5.94. The summed E-state index contributed by atoms with van der Waals surface area (Å²) in [5.74, 6) is 1.95. The predicted molar refractivity (Wildman–Crippen MR) is 81.3 cm³/mol. The summed E-state index contributed by atoms with van der Waals surface area (Å²) in [6.45, 7) is 1.58. The van der Waals surface area contributed by atoms with Crippen molar-refractivity contribution >= 4 is 5.91 Å². The molecule has 7 heteroatoms. The van der Waals surface area contributed by atoms with Crippen LogP contribution < -0.4 is 4.74 Å². The van der Waals surface area contributed by atoms with E-state index in [4.69, 9.17) is 14.0 Å². The molecule has 0 saturated carbocycles. The molecule has 1 aliphatic rings. The third kappa shape index (κ3) is 3.34. The lowest BCUT2D eigenvalue weighted by atomic mass is 10.1. The lowest BCUT2D eigenvalue weighted by Gasteiger charge is -2.16. The Morgan fingerprint density at radius 2 is 2.13 bits per heavy atom. The third-order valence-electron chi connectivity index (χ3n) is 3.93. The molecule has 7 nitrogen and oxygen atoms in total. The van der Waals surface area contributed by atoms with E-state index in [9.17, 15) is 4.79 Å². The van der Waals surface area contributed by atoms with Gasteiger partial charge in [0.15, 0.2) is 5.82 Å². The summed E-state index contributed by atoms with van der Waals surface area (Å²) < 4.78 is 15.2. The summed E-state index contributed by atoms with van der Waals surface area (Å²) in [4.78, 5) is 18.7. The van der Waals surface area contributed by atoms with Gasteiger partial charge in [0.05, 0.1) is 7.11 Å². The fraction of sp³-hybridized carbons (Fsp3) is 0.438. The van der Waals surface area contributed by atoms with Gasteiger partial charge in [-0.3, -0.25) is 4.79 Å². The van der Waals surface area contributed by atoms with E-state index >= 15 is 0 Å². The number of methoxy groups -OCH3 is 2. The Balaban J connectivity index is 1.64. The number of aromatic nitrogens is 2. The maximum Gasteiger partial charge on any atom is 0.253 e. The maximum atomic E-state index is 12.5. The second-order valence-corrected chi connectivity index (χ2v) is 5.44. The van der Waals surface area contributed by atoms with Gasteiger partial charge in [-0.1, -0.05) is 5.16 Å². The molecule has 0 N–H and O–H groups in total. The van der Waals surface area contributed by atoms with Crippen LogP contribution in [0.2, 0.25) is 0 Å². The Bertz CT molecular complexity index is 668. The first-order chi connectivity index (χ1) is 11.2. The molecule has 1 aromatic carbocycles. The Morgan fingerprint density at radius 3 is 2.83 bits per heavy atom. The van der Waals surface area contributed by atoms with Crippen molar-refractivity contribution in [2.45, 2.75) is 18.9 Å². The van der Waals surface area contributed by atoms with Crippen molar-refractivity contribution in [2.75, 3.05) is 27.3 Å². The highest BCUT2D eigenvalue weighted by Gasteiger charge is 2.31. The first kappa shape index (κ1) is 15.5. The van der Waals surface area contributed by atoms with Gasteiger partial charge in [0.2, 0.25) is 0 Å². The largest absolute Gasteiger partial charge is 0.497 e. The highest BCUT2D eigenvalue weighted by atomic mass is 16.5. The van der Waals surface area contributed by atoms with Crippen molar-refractivity contribution in [3.8, 4) is 5.75 Å². The van der Waals surface area contributed by atoms with Gasteiger partial charge in [-0.05, 0) is 30.7 Å². The number of carbonyl (C=O) groups is 1. The fourth-order valence-electron chi connectivity index (χ4n) is 2.69. The fourth-order valence-corrected chi connectivity index (χ4v) is 2.69. The summed E-state index contributed by atoms with van der Waals surface area (Å²) in [5.41, 5.74) is 0.652. The molecule has 122 valence electrons. The molecule has 3 rings (SSSR count). The zero-order valence-electron chi connectivity index (χ0n) is 13.2. The molecule has 2 aromatic rings. The molecular formula is C16H19N3O4. The molecule has 2 heterocycles. The Hall–Kier alpha value is -2.41. The van der Waals surface area contributed by atoms with Crippen LogP contribution in [0.4, 0.5) is 0 Å². The lowest BCUT2D eigenvalue weighted by molar-refractivity contribution is 0.0790. The zero-order valence-corrected chi connectivity index (χ0v) is 13.2.